The van der Waals surface area contributed by atoms with Crippen LogP contribution in [-0.2, 0) is 6.54 Å². The smallest absolute Gasteiger partial charge is 0.269 e. The van der Waals surface area contributed by atoms with Crippen LogP contribution in [0.3, 0.4) is 0 Å². The lowest BCUT2D eigenvalue weighted by atomic mass is 10.2. The molecule has 0 saturated carbocycles. The lowest BCUT2D eigenvalue weighted by molar-refractivity contribution is -0.384. The van der Waals surface area contributed by atoms with Crippen molar-refractivity contribution in [2.75, 3.05) is 11.9 Å². The molecule has 0 saturated heterocycles. The van der Waals surface area contributed by atoms with Gasteiger partial charge in [-0.2, -0.15) is 0 Å². The van der Waals surface area contributed by atoms with Gasteiger partial charge < -0.3 is 15.0 Å². The summed E-state index contributed by atoms with van der Waals surface area (Å²) in [7, 11) is 0. The van der Waals surface area contributed by atoms with E-state index in [0.29, 0.717) is 13.1 Å². The van der Waals surface area contributed by atoms with Crippen molar-refractivity contribution >= 4 is 33.2 Å². The molecule has 0 aliphatic heterocycles. The lowest BCUT2D eigenvalue weighted by Gasteiger charge is -2.15. The molecule has 0 amide bonds. The maximum Gasteiger partial charge on any atom is 0.269 e. The van der Waals surface area contributed by atoms with Gasteiger partial charge in [-0.1, -0.05) is 36.4 Å². The van der Waals surface area contributed by atoms with Crippen LogP contribution in [0, 0.1) is 10.1 Å². The fourth-order valence-electron chi connectivity index (χ4n) is 3.41. The third-order valence-electron chi connectivity index (χ3n) is 4.69. The first-order chi connectivity index (χ1) is 13.1. The lowest BCUT2D eigenvalue weighted by Crippen LogP contribution is -2.24. The Balaban J connectivity index is 1.52. The molecule has 6 heteroatoms. The Labute approximate surface area is 155 Å². The van der Waals surface area contributed by atoms with E-state index in [-0.39, 0.29) is 5.69 Å². The average Bonchev–Trinajstić information content (AvgIpc) is 3.01. The van der Waals surface area contributed by atoms with Gasteiger partial charge in [0.05, 0.1) is 17.6 Å². The molecule has 3 aromatic carbocycles. The Hall–Kier alpha value is -3.38. The zero-order chi connectivity index (χ0) is 18.8. The summed E-state index contributed by atoms with van der Waals surface area (Å²) in [5.74, 6) is 0. The average molecular weight is 361 g/mol. The minimum atomic E-state index is -0.612. The molecule has 1 heterocycles. The van der Waals surface area contributed by atoms with Gasteiger partial charge in [-0.25, -0.2) is 0 Å². The minimum Gasteiger partial charge on any atom is -0.389 e. The summed E-state index contributed by atoms with van der Waals surface area (Å²) >= 11 is 0. The van der Waals surface area contributed by atoms with E-state index in [1.165, 1.54) is 22.9 Å². The van der Waals surface area contributed by atoms with Crippen LogP contribution >= 0.6 is 0 Å². The van der Waals surface area contributed by atoms with E-state index in [2.05, 4.69) is 34.1 Å². The predicted octanol–water partition coefficient (Wildman–Crippen LogP) is 4.18. The Morgan fingerprint density at radius 3 is 2.04 bits per heavy atom. The highest BCUT2D eigenvalue weighted by Gasteiger charge is 2.13. The van der Waals surface area contributed by atoms with Gasteiger partial charge in [0.25, 0.3) is 5.69 Å². The SMILES string of the molecule is O=[N+]([O-])c1ccc(NCC(O)Cn2c3ccccc3c3ccccc32)cc1. The molecule has 4 rings (SSSR count). The zero-order valence-electron chi connectivity index (χ0n) is 14.6. The normalized spacial score (nSPS) is 12.3. The Morgan fingerprint density at radius 2 is 1.48 bits per heavy atom. The van der Waals surface area contributed by atoms with E-state index in [4.69, 9.17) is 0 Å². The van der Waals surface area contributed by atoms with Crippen LogP contribution in [0.1, 0.15) is 0 Å². The van der Waals surface area contributed by atoms with Crippen LogP contribution in [0.4, 0.5) is 11.4 Å². The van der Waals surface area contributed by atoms with Crippen LogP contribution in [0.2, 0.25) is 0 Å². The van der Waals surface area contributed by atoms with Gasteiger partial charge >= 0.3 is 0 Å². The van der Waals surface area contributed by atoms with Crippen molar-refractivity contribution in [2.45, 2.75) is 12.6 Å². The standard InChI is InChI=1S/C21H19N3O3/c25-17(13-22-15-9-11-16(12-10-15)24(26)27)14-23-20-7-3-1-5-18(20)19-6-2-4-8-21(19)23/h1-12,17,22,25H,13-14H2. The van der Waals surface area contributed by atoms with Crippen molar-refractivity contribution in [3.05, 3.63) is 82.9 Å². The van der Waals surface area contributed by atoms with Gasteiger partial charge in [0.15, 0.2) is 0 Å². The van der Waals surface area contributed by atoms with Crippen molar-refractivity contribution in [1.82, 2.24) is 4.57 Å². The molecule has 27 heavy (non-hydrogen) atoms. The molecule has 0 bridgehead atoms. The number of nitro groups is 1. The largest absolute Gasteiger partial charge is 0.389 e. The summed E-state index contributed by atoms with van der Waals surface area (Å²) < 4.78 is 2.13. The van der Waals surface area contributed by atoms with Gasteiger partial charge in [-0.3, -0.25) is 10.1 Å². The maximum atomic E-state index is 10.7. The number of benzene rings is 3. The molecule has 0 aliphatic carbocycles. The molecule has 0 fully saturated rings. The number of nitrogens with zero attached hydrogens (tertiary/aromatic N) is 2. The quantitative estimate of drug-likeness (QED) is 0.399. The van der Waals surface area contributed by atoms with Crippen molar-refractivity contribution in [3.63, 3.8) is 0 Å². The number of para-hydroxylation sites is 2. The van der Waals surface area contributed by atoms with E-state index in [0.717, 1.165) is 16.7 Å². The number of nitro benzene ring substituents is 1. The van der Waals surface area contributed by atoms with Crippen LogP contribution in [-0.4, -0.2) is 27.2 Å². The summed E-state index contributed by atoms with van der Waals surface area (Å²) in [5, 5.41) is 26.7. The third kappa shape index (κ3) is 3.35. The predicted molar refractivity (Wildman–Crippen MR) is 107 cm³/mol. The van der Waals surface area contributed by atoms with Gasteiger partial charge in [-0.15, -0.1) is 0 Å². The minimum absolute atomic E-state index is 0.0476. The molecule has 2 N–H and O–H groups in total. The molecule has 0 radical (unpaired) electrons. The summed E-state index contributed by atoms with van der Waals surface area (Å²) in [4.78, 5) is 10.3. The zero-order valence-corrected chi connectivity index (χ0v) is 14.6. The monoisotopic (exact) mass is 361 g/mol. The number of hydrogen-bond acceptors (Lipinski definition) is 4. The van der Waals surface area contributed by atoms with Crippen LogP contribution < -0.4 is 5.32 Å². The number of rotatable bonds is 6. The van der Waals surface area contributed by atoms with E-state index >= 15 is 0 Å². The van der Waals surface area contributed by atoms with Crippen molar-refractivity contribution in [1.29, 1.82) is 0 Å². The van der Waals surface area contributed by atoms with Crippen LogP contribution in [0.15, 0.2) is 72.8 Å². The number of hydrogen-bond donors (Lipinski definition) is 2. The molecular weight excluding hydrogens is 342 g/mol. The molecular formula is C21H19N3O3. The number of aliphatic hydroxyl groups is 1. The van der Waals surface area contributed by atoms with E-state index < -0.39 is 11.0 Å². The maximum absolute atomic E-state index is 10.7. The fourth-order valence-corrected chi connectivity index (χ4v) is 3.41. The molecule has 0 spiro atoms. The van der Waals surface area contributed by atoms with Crippen molar-refractivity contribution < 1.29 is 10.0 Å². The number of anilines is 1. The Morgan fingerprint density at radius 1 is 0.926 bits per heavy atom. The van der Waals surface area contributed by atoms with E-state index in [1.54, 1.807) is 12.1 Å². The van der Waals surface area contributed by atoms with Gasteiger partial charge in [0.2, 0.25) is 0 Å². The van der Waals surface area contributed by atoms with Crippen molar-refractivity contribution in [2.24, 2.45) is 0 Å². The van der Waals surface area contributed by atoms with E-state index in [9.17, 15) is 15.2 Å². The van der Waals surface area contributed by atoms with Crippen LogP contribution in [0.25, 0.3) is 21.8 Å². The second-order valence-electron chi connectivity index (χ2n) is 6.48. The molecule has 1 atom stereocenters. The highest BCUT2D eigenvalue weighted by molar-refractivity contribution is 6.07. The molecule has 4 aromatic rings. The summed E-state index contributed by atoms with van der Waals surface area (Å²) in [5.41, 5.74) is 2.97. The number of aliphatic hydroxyl groups excluding tert-OH is 1. The van der Waals surface area contributed by atoms with Gasteiger partial charge in [-0.05, 0) is 24.3 Å². The molecule has 0 aliphatic rings. The Bertz CT molecular complexity index is 1050. The first-order valence-corrected chi connectivity index (χ1v) is 8.76. The Kier molecular flexibility index (Phi) is 4.48. The summed E-state index contributed by atoms with van der Waals surface area (Å²) in [6, 6.07) is 22.5. The first kappa shape index (κ1) is 17.1. The highest BCUT2D eigenvalue weighted by atomic mass is 16.6. The number of aromatic nitrogens is 1. The fraction of sp³-hybridized carbons (Fsp3) is 0.143. The molecule has 1 aromatic heterocycles. The van der Waals surface area contributed by atoms with Gasteiger partial charge in [0, 0.05) is 46.2 Å². The second-order valence-corrected chi connectivity index (χ2v) is 6.48. The molecule has 136 valence electrons. The third-order valence-corrected chi connectivity index (χ3v) is 4.69. The first-order valence-electron chi connectivity index (χ1n) is 8.76. The topological polar surface area (TPSA) is 80.3 Å². The summed E-state index contributed by atoms with van der Waals surface area (Å²) in [6.07, 6.45) is -0.612. The second kappa shape index (κ2) is 7.09. The molecule has 1 unspecified atom stereocenters. The van der Waals surface area contributed by atoms with E-state index in [1.807, 2.05) is 24.3 Å². The van der Waals surface area contributed by atoms with Gasteiger partial charge in [0.1, 0.15) is 0 Å². The number of fused-ring (bicyclic) bond motifs is 3. The summed E-state index contributed by atoms with van der Waals surface area (Å²) in [6.45, 7) is 0.798. The molecule has 6 nitrogen and oxygen atoms in total. The highest BCUT2D eigenvalue weighted by Crippen LogP contribution is 2.28. The number of nitrogens with one attached hydrogen (secondary N) is 1. The van der Waals surface area contributed by atoms with Crippen molar-refractivity contribution in [3.8, 4) is 0 Å². The number of non-ortho nitro benzene ring substituents is 1. The van der Waals surface area contributed by atoms with Crippen LogP contribution in [0.5, 0.6) is 0 Å².